The van der Waals surface area contributed by atoms with Crippen molar-refractivity contribution in [1.82, 2.24) is 5.32 Å². The van der Waals surface area contributed by atoms with Gasteiger partial charge in [0.05, 0.1) is 5.23 Å². The van der Waals surface area contributed by atoms with Gasteiger partial charge in [-0.2, -0.15) is 0 Å². The summed E-state index contributed by atoms with van der Waals surface area (Å²) in [5.74, 6) is 0. The smallest absolute Gasteiger partial charge is 0.247 e. The van der Waals surface area contributed by atoms with Crippen LogP contribution in [0.15, 0.2) is 14.5 Å². The van der Waals surface area contributed by atoms with Gasteiger partial charge in [0, 0.05) is 17.1 Å². The minimum Gasteiger partial charge on any atom is -0.310 e. The Morgan fingerprint density at radius 3 is 2.89 bits per heavy atom. The highest BCUT2D eigenvalue weighted by atomic mass is 32.3. The van der Waals surface area contributed by atoms with Gasteiger partial charge in [0.1, 0.15) is 8.42 Å². The summed E-state index contributed by atoms with van der Waals surface area (Å²) < 4.78 is 78.1. The van der Waals surface area contributed by atoms with Gasteiger partial charge in [-0.05, 0) is 25.9 Å². The molecule has 3 N–H and O–H groups in total. The summed E-state index contributed by atoms with van der Waals surface area (Å²) in [5.41, 5.74) is 0.146. The Labute approximate surface area is 122 Å². The zero-order valence-electron chi connectivity index (χ0n) is 14.0. The van der Waals surface area contributed by atoms with Gasteiger partial charge in [-0.25, -0.2) is 22.0 Å². The molecule has 6 nitrogen and oxygen atoms in total. The van der Waals surface area contributed by atoms with Gasteiger partial charge >= 0.3 is 0 Å². The average molecular weight is 328 g/mol. The maximum Gasteiger partial charge on any atom is 0.247 e. The van der Waals surface area contributed by atoms with Crippen LogP contribution in [0, 0.1) is 0 Å². The van der Waals surface area contributed by atoms with E-state index in [1.165, 1.54) is 0 Å². The van der Waals surface area contributed by atoms with E-state index in [0.717, 1.165) is 6.07 Å². The molecule has 19 heavy (non-hydrogen) atoms. The first kappa shape index (κ1) is 10.3. The Bertz CT molecular complexity index is 831. The Hall–Kier alpha value is -0.480. The zero-order valence-corrected chi connectivity index (χ0v) is 12.5. The van der Waals surface area contributed by atoms with E-state index >= 15 is 0 Å². The lowest BCUT2D eigenvalue weighted by Crippen LogP contribution is -2.33. The fraction of sp³-hybridized carbons (Fsp3) is 0.600. The van der Waals surface area contributed by atoms with Gasteiger partial charge in [0.15, 0.2) is 9.84 Å². The largest absolute Gasteiger partial charge is 0.310 e. The first-order valence-electron chi connectivity index (χ1n) is 7.40. The van der Waals surface area contributed by atoms with Crippen molar-refractivity contribution in [1.29, 1.82) is 0 Å². The molecule has 2 atom stereocenters. The van der Waals surface area contributed by atoms with Crippen LogP contribution in [0.5, 0.6) is 0 Å². The van der Waals surface area contributed by atoms with Crippen LogP contribution in [0.2, 0.25) is 0 Å². The molecule has 9 heteroatoms. The Morgan fingerprint density at radius 2 is 2.37 bits per heavy atom. The van der Waals surface area contributed by atoms with Gasteiger partial charge in [-0.1, -0.05) is 6.92 Å². The van der Waals surface area contributed by atoms with Crippen molar-refractivity contribution in [3.63, 3.8) is 0 Å². The topological polar surface area (TPSA) is 106 Å². The number of sulfone groups is 1. The lowest BCUT2D eigenvalue weighted by molar-refractivity contribution is 0.477. The van der Waals surface area contributed by atoms with E-state index in [9.17, 15) is 16.8 Å². The van der Waals surface area contributed by atoms with Crippen LogP contribution in [0.4, 0.5) is 0 Å². The molecule has 1 aromatic heterocycles. The first-order valence-corrected chi connectivity index (χ1v) is 9.25. The number of hydrogen-bond acceptors (Lipinski definition) is 6. The third-order valence-electron chi connectivity index (χ3n) is 2.77. The van der Waals surface area contributed by atoms with Crippen LogP contribution in [-0.2, 0) is 19.9 Å². The van der Waals surface area contributed by atoms with Crippen molar-refractivity contribution in [3.05, 3.63) is 11.6 Å². The van der Waals surface area contributed by atoms with E-state index in [-0.39, 0.29) is 9.77 Å². The fourth-order valence-corrected chi connectivity index (χ4v) is 5.89. The third-order valence-corrected chi connectivity index (χ3v) is 7.58. The summed E-state index contributed by atoms with van der Waals surface area (Å²) >= 11 is 0.386. The van der Waals surface area contributed by atoms with Crippen molar-refractivity contribution >= 4 is 31.2 Å². The number of sulfonamides is 1. The van der Waals surface area contributed by atoms with Gasteiger partial charge < -0.3 is 5.32 Å². The number of nitrogens with one attached hydrogen (secondary N) is 1. The molecular formula is C10H16N2O4S3. The summed E-state index contributed by atoms with van der Waals surface area (Å²) in [6.45, 7) is -0.957. The molecule has 0 saturated heterocycles. The molecule has 1 aromatic rings. The number of hydrogen-bond donors (Lipinski definition) is 2. The number of primary sulfonamides is 1. The van der Waals surface area contributed by atoms with Gasteiger partial charge in [0.2, 0.25) is 10.0 Å². The van der Waals surface area contributed by atoms with Crippen LogP contribution in [0.1, 0.15) is 37.3 Å². The number of thiophene rings is 1. The lowest BCUT2D eigenvalue weighted by atomic mass is 10.1. The minimum atomic E-state index is -4.57. The van der Waals surface area contributed by atoms with Crippen LogP contribution >= 0.6 is 11.3 Å². The summed E-state index contributed by atoms with van der Waals surface area (Å²) in [7, 11) is -8.70. The SMILES string of the molecule is [2H]C([2H])([2H])[C@@]1([2H])C[C@H](NCC)c2cc(S(N)(=O)=O)sc2S1(=O)=O. The van der Waals surface area contributed by atoms with Crippen LogP contribution in [0.25, 0.3) is 0 Å². The number of rotatable bonds is 3. The zero-order chi connectivity index (χ0) is 17.8. The second-order valence-electron chi connectivity index (χ2n) is 4.09. The van der Waals surface area contributed by atoms with E-state index in [1.807, 2.05) is 0 Å². The number of fused-ring (bicyclic) bond motifs is 1. The first-order chi connectivity index (χ1) is 10.3. The molecule has 1 aliphatic heterocycles. The number of nitrogens with two attached hydrogens (primary N) is 1. The average Bonchev–Trinajstić information content (AvgIpc) is 2.80. The van der Waals surface area contributed by atoms with E-state index < -0.39 is 48.6 Å². The molecule has 0 saturated carbocycles. The monoisotopic (exact) mass is 328 g/mol. The summed E-state index contributed by atoms with van der Waals surface area (Å²) in [6, 6.07) is 0.377. The molecule has 1 aliphatic rings. The normalized spacial score (nSPS) is 33.7. The lowest BCUT2D eigenvalue weighted by Gasteiger charge is -2.27. The van der Waals surface area contributed by atoms with E-state index in [1.54, 1.807) is 6.92 Å². The standard InChI is InChI=1S/C10H16N2O4S3/c1-3-12-8-4-6(2)18(13,14)10-7(8)5-9(17-10)19(11,15)16/h5-6,8,12H,3-4H2,1-2H3,(H2,11,15,16)/t6-,8-/m0/s1/i2D3,6D. The van der Waals surface area contributed by atoms with E-state index in [4.69, 9.17) is 10.6 Å². The molecule has 0 spiro atoms. The molecule has 0 aromatic carbocycles. The summed E-state index contributed by atoms with van der Waals surface area (Å²) in [5, 5.41) is 5.20. The molecule has 0 aliphatic carbocycles. The molecule has 2 heterocycles. The van der Waals surface area contributed by atoms with Crippen LogP contribution in [-0.4, -0.2) is 28.6 Å². The predicted molar refractivity (Wildman–Crippen MR) is 73.4 cm³/mol. The fourth-order valence-electron chi connectivity index (χ4n) is 1.90. The quantitative estimate of drug-likeness (QED) is 0.845. The minimum absolute atomic E-state index is 0.146. The van der Waals surface area contributed by atoms with E-state index in [0.29, 0.717) is 17.9 Å². The second-order valence-corrected chi connectivity index (χ2v) is 9.10. The molecule has 0 radical (unpaired) electrons. The Morgan fingerprint density at radius 1 is 1.68 bits per heavy atom. The van der Waals surface area contributed by atoms with Crippen LogP contribution < -0.4 is 10.5 Å². The highest BCUT2D eigenvalue weighted by Crippen LogP contribution is 2.42. The van der Waals surface area contributed by atoms with Crippen LogP contribution in [0.3, 0.4) is 0 Å². The van der Waals surface area contributed by atoms with Crippen molar-refractivity contribution in [3.8, 4) is 0 Å². The van der Waals surface area contributed by atoms with Crippen molar-refractivity contribution < 1.29 is 22.3 Å². The molecular weight excluding hydrogens is 308 g/mol. The molecule has 0 amide bonds. The highest BCUT2D eigenvalue weighted by molar-refractivity contribution is 7.95. The van der Waals surface area contributed by atoms with Gasteiger partial charge in [0.25, 0.3) is 0 Å². The molecule has 0 bridgehead atoms. The summed E-state index contributed by atoms with van der Waals surface area (Å²) in [4.78, 5) is 0. The van der Waals surface area contributed by atoms with Crippen molar-refractivity contribution in [2.24, 2.45) is 5.14 Å². The van der Waals surface area contributed by atoms with E-state index in [2.05, 4.69) is 5.32 Å². The highest BCUT2D eigenvalue weighted by Gasteiger charge is 2.39. The van der Waals surface area contributed by atoms with Gasteiger partial charge in [-0.15, -0.1) is 11.3 Å². The maximum absolute atomic E-state index is 12.7. The van der Waals surface area contributed by atoms with Crippen molar-refractivity contribution in [2.45, 2.75) is 39.9 Å². The maximum atomic E-state index is 12.7. The molecule has 0 fully saturated rings. The Kier molecular flexibility index (Phi) is 2.60. The Balaban J connectivity index is 2.78. The van der Waals surface area contributed by atoms with Crippen molar-refractivity contribution in [2.75, 3.05) is 6.54 Å². The molecule has 0 unspecified atom stereocenters. The molecule has 2 rings (SSSR count). The third kappa shape index (κ3) is 2.57. The summed E-state index contributed by atoms with van der Waals surface area (Å²) in [6.07, 6.45) is -0.506. The predicted octanol–water partition coefficient (Wildman–Crippen LogP) is 0.612. The van der Waals surface area contributed by atoms with Gasteiger partial charge in [-0.3, -0.25) is 0 Å². The molecule has 108 valence electrons. The second kappa shape index (κ2) is 4.81.